The van der Waals surface area contributed by atoms with E-state index >= 15 is 0 Å². The third-order valence-electron chi connectivity index (χ3n) is 2.80. The third-order valence-corrected chi connectivity index (χ3v) is 2.80. The summed E-state index contributed by atoms with van der Waals surface area (Å²) in [5, 5.41) is 4.98. The van der Waals surface area contributed by atoms with Crippen LogP contribution in [0.3, 0.4) is 0 Å². The van der Waals surface area contributed by atoms with Crippen LogP contribution in [0.2, 0.25) is 0 Å². The Labute approximate surface area is 135 Å². The zero-order valence-electron chi connectivity index (χ0n) is 12.9. The summed E-state index contributed by atoms with van der Waals surface area (Å²) in [6.45, 7) is -0.301. The van der Waals surface area contributed by atoms with Crippen molar-refractivity contribution in [3.8, 4) is 0 Å². The van der Waals surface area contributed by atoms with Crippen molar-refractivity contribution in [1.82, 2.24) is 15.0 Å². The number of alkyl halides is 3. The molecular formula is C14H15F3N6O. The van der Waals surface area contributed by atoms with Crippen LogP contribution in [0.5, 0.6) is 0 Å². The predicted octanol–water partition coefficient (Wildman–Crippen LogP) is 2.01. The van der Waals surface area contributed by atoms with Gasteiger partial charge in [0.05, 0.1) is 6.54 Å². The lowest BCUT2D eigenvalue weighted by molar-refractivity contribution is -0.141. The van der Waals surface area contributed by atoms with Crippen molar-refractivity contribution in [3.05, 3.63) is 36.2 Å². The first kappa shape index (κ1) is 17.4. The van der Waals surface area contributed by atoms with Gasteiger partial charge < -0.3 is 15.5 Å². The minimum absolute atomic E-state index is 0.0740. The van der Waals surface area contributed by atoms with Crippen LogP contribution in [0.25, 0.3) is 0 Å². The van der Waals surface area contributed by atoms with E-state index < -0.39 is 17.8 Å². The Balaban J connectivity index is 2.08. The first-order valence-electron chi connectivity index (χ1n) is 6.84. The second kappa shape index (κ2) is 7.11. The van der Waals surface area contributed by atoms with Crippen molar-refractivity contribution in [1.29, 1.82) is 0 Å². The lowest BCUT2D eigenvalue weighted by Crippen LogP contribution is -2.24. The van der Waals surface area contributed by atoms with Crippen LogP contribution in [0.1, 0.15) is 5.69 Å². The van der Waals surface area contributed by atoms with Gasteiger partial charge in [-0.05, 0) is 12.1 Å². The van der Waals surface area contributed by atoms with Crippen LogP contribution in [0.15, 0.2) is 30.5 Å². The Bertz CT molecular complexity index is 705. The van der Waals surface area contributed by atoms with Gasteiger partial charge in [0.15, 0.2) is 5.69 Å². The molecule has 128 valence electrons. The van der Waals surface area contributed by atoms with Crippen LogP contribution < -0.4 is 15.5 Å². The SMILES string of the molecule is CN(C)c1cc(C(F)(F)F)nc(NCC(=O)Nc2ccccn2)n1. The summed E-state index contributed by atoms with van der Waals surface area (Å²) in [6, 6.07) is 5.80. The van der Waals surface area contributed by atoms with Crippen LogP contribution in [-0.2, 0) is 11.0 Å². The Morgan fingerprint density at radius 2 is 2.00 bits per heavy atom. The van der Waals surface area contributed by atoms with Gasteiger partial charge in [0.2, 0.25) is 11.9 Å². The molecule has 2 N–H and O–H groups in total. The minimum atomic E-state index is -4.61. The number of hydrogen-bond donors (Lipinski definition) is 2. The average Bonchev–Trinajstić information content (AvgIpc) is 2.53. The van der Waals surface area contributed by atoms with Gasteiger partial charge in [-0.15, -0.1) is 0 Å². The van der Waals surface area contributed by atoms with Gasteiger partial charge in [-0.25, -0.2) is 9.97 Å². The van der Waals surface area contributed by atoms with Crippen LogP contribution >= 0.6 is 0 Å². The van der Waals surface area contributed by atoms with E-state index in [4.69, 9.17) is 0 Å². The molecule has 0 aliphatic heterocycles. The van der Waals surface area contributed by atoms with Gasteiger partial charge >= 0.3 is 6.18 Å². The molecule has 0 aliphatic carbocycles. The largest absolute Gasteiger partial charge is 0.433 e. The number of nitrogens with one attached hydrogen (secondary N) is 2. The fraction of sp³-hybridized carbons (Fsp3) is 0.286. The van der Waals surface area contributed by atoms with Crippen molar-refractivity contribution in [2.45, 2.75) is 6.18 Å². The molecule has 0 aliphatic rings. The lowest BCUT2D eigenvalue weighted by Gasteiger charge is -2.15. The van der Waals surface area contributed by atoms with Gasteiger partial charge in [-0.1, -0.05) is 6.07 Å². The van der Waals surface area contributed by atoms with Gasteiger partial charge in [0.25, 0.3) is 0 Å². The summed E-state index contributed by atoms with van der Waals surface area (Å²) in [5.74, 6) is -0.362. The molecule has 2 aromatic heterocycles. The fourth-order valence-corrected chi connectivity index (χ4v) is 1.67. The first-order chi connectivity index (χ1) is 11.3. The number of aromatic nitrogens is 3. The molecule has 2 rings (SSSR count). The lowest BCUT2D eigenvalue weighted by atomic mass is 10.3. The summed E-state index contributed by atoms with van der Waals surface area (Å²) < 4.78 is 38.6. The Morgan fingerprint density at radius 1 is 1.25 bits per heavy atom. The number of carbonyl (C=O) groups excluding carboxylic acids is 1. The highest BCUT2D eigenvalue weighted by Crippen LogP contribution is 2.30. The van der Waals surface area contributed by atoms with E-state index in [0.717, 1.165) is 6.07 Å². The highest BCUT2D eigenvalue weighted by molar-refractivity contribution is 5.92. The van der Waals surface area contributed by atoms with Crippen molar-refractivity contribution >= 4 is 23.5 Å². The summed E-state index contributed by atoms with van der Waals surface area (Å²) >= 11 is 0. The second-order valence-electron chi connectivity index (χ2n) is 4.94. The van der Waals surface area contributed by atoms with Crippen molar-refractivity contribution in [3.63, 3.8) is 0 Å². The highest BCUT2D eigenvalue weighted by Gasteiger charge is 2.34. The number of hydrogen-bond acceptors (Lipinski definition) is 6. The summed E-state index contributed by atoms with van der Waals surface area (Å²) in [4.78, 5) is 24.4. The predicted molar refractivity (Wildman–Crippen MR) is 82.7 cm³/mol. The highest BCUT2D eigenvalue weighted by atomic mass is 19.4. The van der Waals surface area contributed by atoms with Crippen molar-refractivity contribution in [2.75, 3.05) is 36.2 Å². The number of carbonyl (C=O) groups is 1. The molecule has 0 unspecified atom stereocenters. The zero-order chi connectivity index (χ0) is 17.7. The summed E-state index contributed by atoms with van der Waals surface area (Å²) in [6.07, 6.45) is -3.11. The molecule has 0 aromatic carbocycles. The zero-order valence-corrected chi connectivity index (χ0v) is 12.9. The van der Waals surface area contributed by atoms with E-state index in [9.17, 15) is 18.0 Å². The molecule has 24 heavy (non-hydrogen) atoms. The summed E-state index contributed by atoms with van der Waals surface area (Å²) in [7, 11) is 3.11. The molecule has 2 aromatic rings. The number of anilines is 3. The molecule has 0 saturated heterocycles. The number of nitrogens with zero attached hydrogens (tertiary/aromatic N) is 4. The Morgan fingerprint density at radius 3 is 2.58 bits per heavy atom. The molecule has 2 heterocycles. The van der Waals surface area contributed by atoms with E-state index in [1.807, 2.05) is 0 Å². The average molecular weight is 340 g/mol. The van der Waals surface area contributed by atoms with Crippen LogP contribution in [0, 0.1) is 0 Å². The van der Waals surface area contributed by atoms with E-state index in [1.165, 1.54) is 11.1 Å². The maximum atomic E-state index is 12.9. The first-order valence-corrected chi connectivity index (χ1v) is 6.84. The van der Waals surface area contributed by atoms with E-state index in [2.05, 4.69) is 25.6 Å². The topological polar surface area (TPSA) is 83.0 Å². The van der Waals surface area contributed by atoms with Gasteiger partial charge in [0.1, 0.15) is 11.6 Å². The molecular weight excluding hydrogens is 325 g/mol. The fourth-order valence-electron chi connectivity index (χ4n) is 1.67. The van der Waals surface area contributed by atoms with Crippen molar-refractivity contribution in [2.24, 2.45) is 0 Å². The molecule has 0 spiro atoms. The summed E-state index contributed by atoms with van der Waals surface area (Å²) in [5.41, 5.74) is -1.09. The number of rotatable bonds is 5. The van der Waals surface area contributed by atoms with Gasteiger partial charge in [-0.2, -0.15) is 18.2 Å². The number of amides is 1. The van der Waals surface area contributed by atoms with E-state index in [0.29, 0.717) is 5.82 Å². The minimum Gasteiger partial charge on any atom is -0.363 e. The quantitative estimate of drug-likeness (QED) is 0.866. The van der Waals surface area contributed by atoms with Crippen molar-refractivity contribution < 1.29 is 18.0 Å². The maximum Gasteiger partial charge on any atom is 0.433 e. The molecule has 10 heteroatoms. The maximum absolute atomic E-state index is 12.9. The Kier molecular flexibility index (Phi) is 5.17. The standard InChI is InChI=1S/C14H15F3N6O/c1-23(2)11-7-9(14(15,16)17)20-13(22-11)19-8-12(24)21-10-5-3-4-6-18-10/h3-7H,8H2,1-2H3,(H,18,21,24)(H,19,20,22). The van der Waals surface area contributed by atoms with E-state index in [1.54, 1.807) is 32.3 Å². The third kappa shape index (κ3) is 4.80. The molecule has 0 atom stereocenters. The molecule has 0 saturated carbocycles. The monoisotopic (exact) mass is 340 g/mol. The molecule has 7 nitrogen and oxygen atoms in total. The molecule has 0 fully saturated rings. The van der Waals surface area contributed by atoms with Crippen LogP contribution in [-0.4, -0.2) is 41.5 Å². The Hall–Kier alpha value is -2.91. The normalized spacial score (nSPS) is 11.0. The smallest absolute Gasteiger partial charge is 0.363 e. The number of pyridine rings is 1. The van der Waals surface area contributed by atoms with Crippen LogP contribution in [0.4, 0.5) is 30.8 Å². The molecule has 0 bridgehead atoms. The van der Waals surface area contributed by atoms with Gasteiger partial charge in [0, 0.05) is 26.4 Å². The number of halogens is 3. The van der Waals surface area contributed by atoms with E-state index in [-0.39, 0.29) is 18.3 Å². The van der Waals surface area contributed by atoms with Gasteiger partial charge in [-0.3, -0.25) is 4.79 Å². The molecule has 1 amide bonds. The second-order valence-corrected chi connectivity index (χ2v) is 4.94. The molecule has 0 radical (unpaired) electrons.